The summed E-state index contributed by atoms with van der Waals surface area (Å²) in [6, 6.07) is 8.02. The molecule has 5 heterocycles. The van der Waals surface area contributed by atoms with Crippen LogP contribution >= 0.6 is 0 Å². The van der Waals surface area contributed by atoms with Crippen molar-refractivity contribution in [3.63, 3.8) is 0 Å². The summed E-state index contributed by atoms with van der Waals surface area (Å²) in [7, 11) is -1.39. The van der Waals surface area contributed by atoms with Crippen LogP contribution in [0.5, 0.6) is 5.75 Å². The minimum absolute atomic E-state index is 0.0861. The van der Waals surface area contributed by atoms with Gasteiger partial charge in [-0.15, -0.1) is 0 Å². The number of aryl methyl sites for hydroxylation is 1. The van der Waals surface area contributed by atoms with Gasteiger partial charge in [-0.05, 0) is 38.0 Å². The Morgan fingerprint density at radius 3 is 2.62 bits per heavy atom. The Balaban J connectivity index is 1.59. The fraction of sp³-hybridized carbons (Fsp3) is 0.407. The van der Waals surface area contributed by atoms with Gasteiger partial charge in [0, 0.05) is 60.0 Å². The molecule has 4 aromatic heterocycles. The molecule has 0 unspecified atom stereocenters. The van der Waals surface area contributed by atoms with E-state index in [0.29, 0.717) is 12.3 Å². The van der Waals surface area contributed by atoms with Gasteiger partial charge in [0.2, 0.25) is 0 Å². The number of hydrogen-bond donors (Lipinski definition) is 0. The third-order valence-electron chi connectivity index (χ3n) is 7.10. The predicted molar refractivity (Wildman–Crippen MR) is 145 cm³/mol. The van der Waals surface area contributed by atoms with Gasteiger partial charge in [-0.25, -0.2) is 18.1 Å². The number of anilines is 1. The van der Waals surface area contributed by atoms with E-state index in [-0.39, 0.29) is 23.6 Å². The van der Waals surface area contributed by atoms with Crippen LogP contribution in [0.4, 0.5) is 5.82 Å². The van der Waals surface area contributed by atoms with E-state index in [4.69, 9.17) is 19.8 Å². The third kappa shape index (κ3) is 4.77. The lowest BCUT2D eigenvalue weighted by Crippen LogP contribution is -2.57. The zero-order valence-corrected chi connectivity index (χ0v) is 22.8. The summed E-state index contributed by atoms with van der Waals surface area (Å²) in [5.41, 5.74) is 5.21. The summed E-state index contributed by atoms with van der Waals surface area (Å²) < 4.78 is 31.1. The molecule has 9 nitrogen and oxygen atoms in total. The molecule has 0 aromatic carbocycles. The second-order valence-corrected chi connectivity index (χ2v) is 12.4. The monoisotopic (exact) mass is 520 g/mol. The molecular weight excluding hydrogens is 488 g/mol. The van der Waals surface area contributed by atoms with Gasteiger partial charge in [0.15, 0.2) is 0 Å². The lowest BCUT2D eigenvalue weighted by molar-refractivity contribution is 0.338. The minimum atomic E-state index is -3.03. The van der Waals surface area contributed by atoms with Crippen LogP contribution in [0, 0.1) is 12.8 Å². The third-order valence-corrected chi connectivity index (χ3v) is 8.14. The zero-order chi connectivity index (χ0) is 26.5. The van der Waals surface area contributed by atoms with Gasteiger partial charge in [0.05, 0.1) is 41.5 Å². The van der Waals surface area contributed by atoms with E-state index in [1.807, 2.05) is 36.0 Å². The number of rotatable bonds is 7. The van der Waals surface area contributed by atoms with Gasteiger partial charge in [-0.1, -0.05) is 13.8 Å². The Bertz CT molecular complexity index is 1580. The molecule has 194 valence electrons. The van der Waals surface area contributed by atoms with Crippen molar-refractivity contribution >= 4 is 26.6 Å². The van der Waals surface area contributed by atoms with Crippen LogP contribution in [-0.2, 0) is 9.84 Å². The van der Waals surface area contributed by atoms with E-state index < -0.39 is 9.84 Å². The summed E-state index contributed by atoms with van der Waals surface area (Å²) in [6.07, 6.45) is 6.59. The van der Waals surface area contributed by atoms with E-state index in [1.165, 1.54) is 6.26 Å². The average Bonchev–Trinajstić information content (AvgIpc) is 3.30. The number of nitrogens with zero attached hydrogens (tertiary/aromatic N) is 6. The van der Waals surface area contributed by atoms with Crippen molar-refractivity contribution in [1.29, 1.82) is 0 Å². The Morgan fingerprint density at radius 2 is 1.95 bits per heavy atom. The summed E-state index contributed by atoms with van der Waals surface area (Å²) >= 11 is 0. The summed E-state index contributed by atoms with van der Waals surface area (Å²) in [4.78, 5) is 16.2. The number of pyridine rings is 3. The van der Waals surface area contributed by atoms with Crippen molar-refractivity contribution in [2.24, 2.45) is 5.92 Å². The Labute approximate surface area is 217 Å². The molecule has 4 aromatic rings. The number of sulfone groups is 1. The highest BCUT2D eigenvalue weighted by Gasteiger charge is 2.38. The van der Waals surface area contributed by atoms with E-state index >= 15 is 0 Å². The van der Waals surface area contributed by atoms with E-state index in [9.17, 15) is 8.42 Å². The van der Waals surface area contributed by atoms with E-state index in [2.05, 4.69) is 36.7 Å². The highest BCUT2D eigenvalue weighted by Crippen LogP contribution is 2.35. The molecule has 0 aliphatic carbocycles. The molecule has 0 saturated carbocycles. The van der Waals surface area contributed by atoms with Gasteiger partial charge < -0.3 is 9.64 Å². The van der Waals surface area contributed by atoms with Crippen LogP contribution < -0.4 is 9.64 Å². The smallest absolute Gasteiger partial charge is 0.147 e. The zero-order valence-electron chi connectivity index (χ0n) is 22.0. The Morgan fingerprint density at radius 1 is 1.16 bits per heavy atom. The second-order valence-electron chi connectivity index (χ2n) is 10.2. The second kappa shape index (κ2) is 9.41. The summed E-state index contributed by atoms with van der Waals surface area (Å²) in [6.45, 7) is 8.93. The van der Waals surface area contributed by atoms with Gasteiger partial charge in [0.25, 0.3) is 0 Å². The predicted octanol–water partition coefficient (Wildman–Crippen LogP) is 4.19. The topological polar surface area (TPSA) is 103 Å². The molecule has 1 saturated heterocycles. The maximum Gasteiger partial charge on any atom is 0.147 e. The number of methoxy groups -OCH3 is 1. The molecule has 0 radical (unpaired) electrons. The summed E-state index contributed by atoms with van der Waals surface area (Å²) in [5.74, 6) is 2.04. The largest absolute Gasteiger partial charge is 0.496 e. The van der Waals surface area contributed by atoms with Crippen LogP contribution in [0.3, 0.4) is 0 Å². The van der Waals surface area contributed by atoms with Crippen molar-refractivity contribution in [1.82, 2.24) is 24.7 Å². The fourth-order valence-electron chi connectivity index (χ4n) is 4.93. The van der Waals surface area contributed by atoms with Crippen LogP contribution in [0.15, 0.2) is 42.9 Å². The van der Waals surface area contributed by atoms with Crippen molar-refractivity contribution < 1.29 is 13.2 Å². The maximum absolute atomic E-state index is 11.8. The molecule has 0 N–H and O–H groups in total. The molecule has 0 bridgehead atoms. The van der Waals surface area contributed by atoms with E-state index in [1.54, 1.807) is 19.5 Å². The van der Waals surface area contributed by atoms with Gasteiger partial charge in [-0.2, -0.15) is 5.10 Å². The van der Waals surface area contributed by atoms with Gasteiger partial charge in [-0.3, -0.25) is 9.97 Å². The number of ether oxygens (including phenoxy) is 1. The van der Waals surface area contributed by atoms with Crippen molar-refractivity contribution in [3.8, 4) is 22.7 Å². The van der Waals surface area contributed by atoms with Gasteiger partial charge >= 0.3 is 0 Å². The molecule has 37 heavy (non-hydrogen) atoms. The quantitative estimate of drug-likeness (QED) is 0.357. The highest BCUT2D eigenvalue weighted by molar-refractivity contribution is 7.90. The molecular formula is C27H32N6O3S. The molecule has 10 heteroatoms. The van der Waals surface area contributed by atoms with Crippen molar-refractivity contribution in [2.45, 2.75) is 39.7 Å². The lowest BCUT2D eigenvalue weighted by atomic mass is 9.91. The maximum atomic E-state index is 11.8. The average molecular weight is 521 g/mol. The minimum Gasteiger partial charge on any atom is -0.496 e. The van der Waals surface area contributed by atoms with E-state index in [0.717, 1.165) is 45.1 Å². The number of hydrogen-bond acceptors (Lipinski definition) is 8. The normalized spacial score (nSPS) is 17.9. The molecule has 1 aliphatic heterocycles. The van der Waals surface area contributed by atoms with Crippen LogP contribution in [0.2, 0.25) is 0 Å². The first-order valence-electron chi connectivity index (χ1n) is 12.4. The summed E-state index contributed by atoms with van der Waals surface area (Å²) in [5, 5.41) is 5.69. The Kier molecular flexibility index (Phi) is 6.39. The molecule has 5 rings (SSSR count). The molecule has 1 fully saturated rings. The highest BCUT2D eigenvalue weighted by atomic mass is 32.2. The van der Waals surface area contributed by atoms with Crippen LogP contribution in [0.1, 0.15) is 38.1 Å². The fourth-order valence-corrected chi connectivity index (χ4v) is 6.09. The van der Waals surface area contributed by atoms with Crippen molar-refractivity contribution in [3.05, 3.63) is 54.2 Å². The van der Waals surface area contributed by atoms with Crippen LogP contribution in [0.25, 0.3) is 27.8 Å². The lowest BCUT2D eigenvalue weighted by Gasteiger charge is -2.47. The first-order valence-corrected chi connectivity index (χ1v) is 14.4. The van der Waals surface area contributed by atoms with Crippen molar-refractivity contribution in [2.75, 3.05) is 30.6 Å². The van der Waals surface area contributed by atoms with Gasteiger partial charge in [0.1, 0.15) is 21.4 Å². The number of fused-ring (bicyclic) bond motifs is 1. The SMILES string of the molecule is COc1ccncc1-c1cc2c(cnn2-c2cc(C(C)C)nc(N3C[C@H](CS(C)(=O)=O)[C@H]3C)c2)c(C)n1. The first-order chi connectivity index (χ1) is 17.6. The molecule has 0 spiro atoms. The number of aromatic nitrogens is 5. The first kappa shape index (κ1) is 25.1. The molecule has 0 amide bonds. The molecule has 2 atom stereocenters. The van der Waals surface area contributed by atoms with Crippen LogP contribution in [-0.4, -0.2) is 64.9 Å². The molecule has 1 aliphatic rings. The standard InChI is InChI=1S/C27H32N6O3S/c1-16(2)23-9-20(10-27(31-23)32-14-19(18(32)4)15-37(6,34)35)33-25-11-24(30-17(3)21(25)13-29-33)22-12-28-8-7-26(22)36-5/h7-13,16,18-19H,14-15H2,1-6H3/t18-,19-/m1/s1. The Hall–Kier alpha value is -3.53.